The van der Waals surface area contributed by atoms with Crippen LogP contribution in [0.3, 0.4) is 0 Å². The van der Waals surface area contributed by atoms with Gasteiger partial charge in [-0.05, 0) is 49.1 Å². The van der Waals surface area contributed by atoms with Gasteiger partial charge in [-0.15, -0.1) is 11.3 Å². The van der Waals surface area contributed by atoms with Crippen molar-refractivity contribution in [2.45, 2.75) is 77.7 Å². The smallest absolute Gasteiger partial charge is 0.258 e. The highest BCUT2D eigenvalue weighted by atomic mass is 32.1. The molecule has 2 N–H and O–H groups in total. The number of hydrogen-bond donors (Lipinski definition) is 2. The van der Waals surface area contributed by atoms with Gasteiger partial charge < -0.3 is 15.5 Å². The summed E-state index contributed by atoms with van der Waals surface area (Å²) in [5, 5.41) is 5.59. The number of hydrogen-bond acceptors (Lipinski definition) is 5. The van der Waals surface area contributed by atoms with Crippen molar-refractivity contribution in [1.29, 1.82) is 0 Å². The van der Waals surface area contributed by atoms with Crippen LogP contribution in [0.2, 0.25) is 0 Å². The van der Waals surface area contributed by atoms with E-state index in [4.69, 9.17) is 0 Å². The molecule has 4 rings (SSSR count). The molecule has 2 aliphatic rings. The molecule has 188 valence electrons. The van der Waals surface area contributed by atoms with Crippen LogP contribution in [0.25, 0.3) is 10.4 Å². The van der Waals surface area contributed by atoms with Crippen molar-refractivity contribution in [3.05, 3.63) is 41.0 Å². The molecule has 1 aromatic carbocycles. The summed E-state index contributed by atoms with van der Waals surface area (Å²) in [4.78, 5) is 45.8. The van der Waals surface area contributed by atoms with Crippen LogP contribution >= 0.6 is 11.3 Å². The van der Waals surface area contributed by atoms with E-state index in [1.165, 1.54) is 0 Å². The van der Waals surface area contributed by atoms with Crippen molar-refractivity contribution < 1.29 is 18.8 Å². The largest absolute Gasteiger partial charge is 0.350 e. The van der Waals surface area contributed by atoms with Crippen molar-refractivity contribution in [2.24, 2.45) is 5.41 Å². The molecule has 0 unspecified atom stereocenters. The maximum absolute atomic E-state index is 14.3. The van der Waals surface area contributed by atoms with Gasteiger partial charge >= 0.3 is 0 Å². The zero-order valence-electron chi connectivity index (χ0n) is 20.7. The maximum atomic E-state index is 14.3. The number of carbonyl (C=O) groups excluding carboxylic acids is 3. The summed E-state index contributed by atoms with van der Waals surface area (Å²) in [6.07, 6.45) is 1.62. The first kappa shape index (κ1) is 25.3. The fourth-order valence-electron chi connectivity index (χ4n) is 4.37. The molecular weight excluding hydrogens is 467 g/mol. The van der Waals surface area contributed by atoms with Crippen LogP contribution in [-0.2, 0) is 20.9 Å². The summed E-state index contributed by atoms with van der Waals surface area (Å²) in [6.45, 7) is 8.25. The highest BCUT2D eigenvalue weighted by Crippen LogP contribution is 2.40. The molecule has 1 saturated heterocycles. The molecule has 2 fully saturated rings. The molecule has 0 spiro atoms. The van der Waals surface area contributed by atoms with Crippen LogP contribution in [0.15, 0.2) is 29.8 Å². The van der Waals surface area contributed by atoms with E-state index in [9.17, 15) is 18.8 Å². The molecular formula is C26H33FN4O3S. The molecule has 9 heteroatoms. The molecule has 3 amide bonds. The minimum absolute atomic E-state index is 0.184. The van der Waals surface area contributed by atoms with Crippen molar-refractivity contribution in [3.63, 3.8) is 0 Å². The second-order valence-corrected chi connectivity index (χ2v) is 11.5. The van der Waals surface area contributed by atoms with E-state index < -0.39 is 29.1 Å². The zero-order chi connectivity index (χ0) is 25.4. The van der Waals surface area contributed by atoms with Gasteiger partial charge in [-0.25, -0.2) is 9.37 Å². The van der Waals surface area contributed by atoms with Crippen molar-refractivity contribution >= 4 is 29.1 Å². The number of amides is 3. The topological polar surface area (TPSA) is 91.4 Å². The minimum atomic E-state index is -1.86. The van der Waals surface area contributed by atoms with Crippen molar-refractivity contribution in [1.82, 2.24) is 20.5 Å². The van der Waals surface area contributed by atoms with E-state index in [1.807, 2.05) is 57.5 Å². The molecule has 2 atom stereocenters. The molecule has 0 radical (unpaired) electrons. The molecule has 2 heterocycles. The highest BCUT2D eigenvalue weighted by molar-refractivity contribution is 7.13. The normalized spacial score (nSPS) is 19.8. The number of rotatable bonds is 7. The minimum Gasteiger partial charge on any atom is -0.350 e. The molecule has 2 aromatic rings. The van der Waals surface area contributed by atoms with Gasteiger partial charge in [0.05, 0.1) is 16.1 Å². The summed E-state index contributed by atoms with van der Waals surface area (Å²) >= 11 is 1.59. The van der Waals surface area contributed by atoms with Gasteiger partial charge in [0.25, 0.3) is 5.91 Å². The molecule has 1 aromatic heterocycles. The monoisotopic (exact) mass is 500 g/mol. The third kappa shape index (κ3) is 5.55. The number of thiazole rings is 1. The first-order valence-electron chi connectivity index (χ1n) is 12.1. The number of alkyl halides is 1. The van der Waals surface area contributed by atoms with Crippen LogP contribution in [-0.4, -0.2) is 51.9 Å². The fraction of sp³-hybridized carbons (Fsp3) is 0.538. The van der Waals surface area contributed by atoms with Gasteiger partial charge in [0.15, 0.2) is 5.67 Å². The Hall–Kier alpha value is -2.81. The lowest BCUT2D eigenvalue weighted by Crippen LogP contribution is -2.58. The van der Waals surface area contributed by atoms with E-state index in [-0.39, 0.29) is 24.7 Å². The summed E-state index contributed by atoms with van der Waals surface area (Å²) in [6, 6.07) is 6.47. The lowest BCUT2D eigenvalue weighted by Gasteiger charge is -2.35. The van der Waals surface area contributed by atoms with Crippen LogP contribution in [0.5, 0.6) is 0 Å². The molecule has 1 aliphatic carbocycles. The first-order valence-corrected chi connectivity index (χ1v) is 12.9. The molecule has 7 nitrogen and oxygen atoms in total. The van der Waals surface area contributed by atoms with Crippen LogP contribution < -0.4 is 10.6 Å². The van der Waals surface area contributed by atoms with Crippen LogP contribution in [0.1, 0.15) is 57.7 Å². The first-order chi connectivity index (χ1) is 16.5. The third-order valence-electron chi connectivity index (χ3n) is 6.75. The Morgan fingerprint density at radius 2 is 1.91 bits per heavy atom. The Bertz CT molecular complexity index is 1100. The highest BCUT2D eigenvalue weighted by Gasteiger charge is 2.53. The fourth-order valence-corrected chi connectivity index (χ4v) is 5.19. The lowest BCUT2D eigenvalue weighted by molar-refractivity contribution is -0.144. The summed E-state index contributed by atoms with van der Waals surface area (Å²) in [5.74, 6) is -1.29. The van der Waals surface area contributed by atoms with Gasteiger partial charge in [0, 0.05) is 13.1 Å². The average Bonchev–Trinajstić information content (AvgIpc) is 3.20. The molecule has 35 heavy (non-hydrogen) atoms. The van der Waals surface area contributed by atoms with E-state index in [0.717, 1.165) is 21.7 Å². The van der Waals surface area contributed by atoms with Gasteiger partial charge in [0.1, 0.15) is 12.1 Å². The van der Waals surface area contributed by atoms with E-state index in [1.54, 1.807) is 16.2 Å². The second-order valence-electron chi connectivity index (χ2n) is 10.6. The maximum Gasteiger partial charge on any atom is 0.258 e. The summed E-state index contributed by atoms with van der Waals surface area (Å²) < 4.78 is 14.3. The Morgan fingerprint density at radius 3 is 2.49 bits per heavy atom. The lowest BCUT2D eigenvalue weighted by atomic mass is 9.85. The van der Waals surface area contributed by atoms with Crippen molar-refractivity contribution in [3.8, 4) is 10.4 Å². The number of nitrogens with zero attached hydrogens (tertiary/aromatic N) is 2. The van der Waals surface area contributed by atoms with E-state index in [0.29, 0.717) is 25.9 Å². The Morgan fingerprint density at radius 1 is 1.23 bits per heavy atom. The second kappa shape index (κ2) is 9.68. The van der Waals surface area contributed by atoms with E-state index >= 15 is 0 Å². The van der Waals surface area contributed by atoms with Crippen LogP contribution in [0, 0.1) is 12.3 Å². The third-order valence-corrected chi connectivity index (χ3v) is 7.73. The predicted molar refractivity (Wildman–Crippen MR) is 133 cm³/mol. The summed E-state index contributed by atoms with van der Waals surface area (Å²) in [7, 11) is 0. The Balaban J connectivity index is 1.39. The summed E-state index contributed by atoms with van der Waals surface area (Å²) in [5.41, 5.74) is 2.37. The average molecular weight is 501 g/mol. The molecule has 0 bridgehead atoms. The zero-order valence-corrected chi connectivity index (χ0v) is 21.5. The van der Waals surface area contributed by atoms with Crippen LogP contribution in [0.4, 0.5) is 4.39 Å². The predicted octanol–water partition coefficient (Wildman–Crippen LogP) is 3.76. The van der Waals surface area contributed by atoms with Gasteiger partial charge in [0.2, 0.25) is 11.8 Å². The quantitative estimate of drug-likeness (QED) is 0.606. The number of halogens is 1. The molecule has 1 saturated carbocycles. The number of aryl methyl sites for hydroxylation is 1. The van der Waals surface area contributed by atoms with E-state index in [2.05, 4.69) is 15.6 Å². The van der Waals surface area contributed by atoms with Gasteiger partial charge in [-0.1, -0.05) is 45.0 Å². The Kier molecular flexibility index (Phi) is 6.99. The standard InChI is InChI=1S/C26H33FN4O3S/c1-16-20(35-15-29-16)18-9-7-17(8-10-18)14-28-22(32)19-6-5-13-31(19)23(33)21(25(2,3)4)30-24(34)26(27)11-12-26/h7-10,15,19,21H,5-6,11-14H2,1-4H3,(H,28,32)(H,30,34)/t19-,21+/m0/s1. The molecule has 1 aliphatic heterocycles. The number of likely N-dealkylation sites (tertiary alicyclic amines) is 1. The van der Waals surface area contributed by atoms with Gasteiger partial charge in [-0.3, -0.25) is 14.4 Å². The number of aromatic nitrogens is 1. The number of carbonyl (C=O) groups is 3. The number of nitrogens with one attached hydrogen (secondary N) is 2. The van der Waals surface area contributed by atoms with Crippen molar-refractivity contribution in [2.75, 3.05) is 6.54 Å². The number of benzene rings is 1. The Labute approximate surface area is 209 Å². The SMILES string of the molecule is Cc1ncsc1-c1ccc(CNC(=O)[C@@H]2CCCN2C(=O)[C@@H](NC(=O)C2(F)CC2)C(C)(C)C)cc1. The van der Waals surface area contributed by atoms with Gasteiger partial charge in [-0.2, -0.15) is 0 Å².